The van der Waals surface area contributed by atoms with Gasteiger partial charge < -0.3 is 19.7 Å². The van der Waals surface area contributed by atoms with Crippen LogP contribution in [0.15, 0.2) is 72.8 Å². The van der Waals surface area contributed by atoms with E-state index in [9.17, 15) is 18.0 Å². The number of carbonyl (C=O) groups excluding carboxylic acids is 2. The number of carbonyl (C=O) groups is 2. The van der Waals surface area contributed by atoms with Crippen LogP contribution in [0.3, 0.4) is 0 Å². The lowest BCUT2D eigenvalue weighted by Gasteiger charge is -2.34. The van der Waals surface area contributed by atoms with E-state index in [0.29, 0.717) is 12.2 Å². The first kappa shape index (κ1) is 32.5. The highest BCUT2D eigenvalue weighted by molar-refractivity contribution is 7.92. The van der Waals surface area contributed by atoms with Crippen molar-refractivity contribution in [2.24, 2.45) is 0 Å². The third kappa shape index (κ3) is 8.72. The molecule has 0 saturated heterocycles. The van der Waals surface area contributed by atoms with E-state index < -0.39 is 28.5 Å². The van der Waals surface area contributed by atoms with Gasteiger partial charge in [0.2, 0.25) is 21.8 Å². The molecule has 0 heterocycles. The number of nitrogens with zero attached hydrogens (tertiary/aromatic N) is 2. The minimum Gasteiger partial charge on any atom is -0.497 e. The average molecular weight is 596 g/mol. The van der Waals surface area contributed by atoms with Crippen molar-refractivity contribution in [2.45, 2.75) is 52.2 Å². The molecule has 3 aromatic rings. The monoisotopic (exact) mass is 595 g/mol. The SMILES string of the molecule is CC[C@H](C)NC(=O)[C@H](Cc1ccccc1)N(Cc1cccc(C)c1)C(=O)CN(c1cc(OC)ccc1OC)S(C)(=O)=O. The first-order valence-electron chi connectivity index (χ1n) is 13.9. The lowest BCUT2D eigenvalue weighted by atomic mass is 10.0. The fourth-order valence-electron chi connectivity index (χ4n) is 4.59. The molecule has 0 radical (unpaired) electrons. The van der Waals surface area contributed by atoms with E-state index in [1.54, 1.807) is 12.1 Å². The van der Waals surface area contributed by atoms with Crippen molar-refractivity contribution in [1.82, 2.24) is 10.2 Å². The van der Waals surface area contributed by atoms with Gasteiger partial charge in [0.1, 0.15) is 24.1 Å². The van der Waals surface area contributed by atoms with Crippen molar-refractivity contribution < 1.29 is 27.5 Å². The Labute approximate surface area is 249 Å². The van der Waals surface area contributed by atoms with E-state index >= 15 is 0 Å². The minimum absolute atomic E-state index is 0.110. The molecule has 0 saturated carbocycles. The fraction of sp³-hybridized carbons (Fsp3) is 0.375. The van der Waals surface area contributed by atoms with E-state index in [-0.39, 0.29) is 36.4 Å². The maximum Gasteiger partial charge on any atom is 0.244 e. The summed E-state index contributed by atoms with van der Waals surface area (Å²) < 4.78 is 38.0. The van der Waals surface area contributed by atoms with Crippen LogP contribution < -0.4 is 19.1 Å². The zero-order chi connectivity index (χ0) is 30.9. The quantitative estimate of drug-likeness (QED) is 0.298. The normalized spacial score (nSPS) is 12.6. The largest absolute Gasteiger partial charge is 0.497 e. The Morgan fingerprint density at radius 3 is 2.21 bits per heavy atom. The highest BCUT2D eigenvalue weighted by atomic mass is 32.2. The lowest BCUT2D eigenvalue weighted by molar-refractivity contribution is -0.140. The fourth-order valence-corrected chi connectivity index (χ4v) is 5.43. The predicted molar refractivity (Wildman–Crippen MR) is 165 cm³/mol. The molecule has 0 aliphatic heterocycles. The number of nitrogens with one attached hydrogen (secondary N) is 1. The summed E-state index contributed by atoms with van der Waals surface area (Å²) in [6.45, 7) is 5.39. The second kappa shape index (κ2) is 14.7. The number of methoxy groups -OCH3 is 2. The van der Waals surface area contributed by atoms with Gasteiger partial charge in [-0.3, -0.25) is 13.9 Å². The molecule has 2 atom stereocenters. The van der Waals surface area contributed by atoms with E-state index in [1.807, 2.05) is 75.4 Å². The maximum absolute atomic E-state index is 14.3. The maximum atomic E-state index is 14.3. The summed E-state index contributed by atoms with van der Waals surface area (Å²) in [4.78, 5) is 29.5. The number of aryl methyl sites for hydroxylation is 1. The standard InChI is InChI=1S/C32H41N3O6S/c1-7-24(3)33-32(37)29(19-25-13-9-8-10-14-25)34(21-26-15-11-12-23(2)18-26)31(36)22-35(42(6,38)39)28-20-27(40-4)16-17-30(28)41-5/h8-18,20,24,29H,7,19,21-22H2,1-6H3,(H,33,37)/t24-,29-/m0/s1. The van der Waals surface area contributed by atoms with Gasteiger partial charge in [0, 0.05) is 25.1 Å². The minimum atomic E-state index is -3.96. The zero-order valence-corrected chi connectivity index (χ0v) is 26.0. The molecular formula is C32H41N3O6S. The van der Waals surface area contributed by atoms with Crippen LogP contribution in [0, 0.1) is 6.92 Å². The highest BCUT2D eigenvalue weighted by Crippen LogP contribution is 2.34. The molecule has 0 fully saturated rings. The third-order valence-corrected chi connectivity index (χ3v) is 8.17. The summed E-state index contributed by atoms with van der Waals surface area (Å²) >= 11 is 0. The molecule has 3 aromatic carbocycles. The first-order chi connectivity index (χ1) is 20.0. The Balaban J connectivity index is 2.11. The van der Waals surface area contributed by atoms with Crippen molar-refractivity contribution in [1.29, 1.82) is 0 Å². The van der Waals surface area contributed by atoms with Gasteiger partial charge in [-0.25, -0.2) is 8.42 Å². The molecule has 0 spiro atoms. The van der Waals surface area contributed by atoms with Crippen LogP contribution in [-0.2, 0) is 32.6 Å². The van der Waals surface area contributed by atoms with Crippen LogP contribution in [0.2, 0.25) is 0 Å². The van der Waals surface area contributed by atoms with E-state index in [1.165, 1.54) is 25.2 Å². The lowest BCUT2D eigenvalue weighted by Crippen LogP contribution is -2.54. The van der Waals surface area contributed by atoms with Crippen molar-refractivity contribution in [3.8, 4) is 11.5 Å². The van der Waals surface area contributed by atoms with Gasteiger partial charge in [0.15, 0.2) is 0 Å². The van der Waals surface area contributed by atoms with Crippen molar-refractivity contribution in [3.63, 3.8) is 0 Å². The van der Waals surface area contributed by atoms with Crippen LogP contribution in [0.4, 0.5) is 5.69 Å². The van der Waals surface area contributed by atoms with Crippen LogP contribution in [0.1, 0.15) is 37.0 Å². The summed E-state index contributed by atoms with van der Waals surface area (Å²) in [6.07, 6.45) is 2.00. The Morgan fingerprint density at radius 1 is 0.929 bits per heavy atom. The van der Waals surface area contributed by atoms with Gasteiger partial charge in [0.05, 0.1) is 26.2 Å². The third-order valence-electron chi connectivity index (χ3n) is 7.04. The molecule has 0 bridgehead atoms. The van der Waals surface area contributed by atoms with E-state index in [4.69, 9.17) is 9.47 Å². The number of rotatable bonds is 14. The van der Waals surface area contributed by atoms with Crippen LogP contribution in [-0.4, -0.2) is 64.2 Å². The second-order valence-electron chi connectivity index (χ2n) is 10.3. The molecular weight excluding hydrogens is 554 g/mol. The first-order valence-corrected chi connectivity index (χ1v) is 15.7. The zero-order valence-electron chi connectivity index (χ0n) is 25.2. The smallest absolute Gasteiger partial charge is 0.244 e. The Bertz CT molecular complexity index is 1460. The van der Waals surface area contributed by atoms with Crippen LogP contribution >= 0.6 is 0 Å². The number of ether oxygens (including phenoxy) is 2. The van der Waals surface area contributed by atoms with E-state index in [0.717, 1.165) is 27.3 Å². The van der Waals surface area contributed by atoms with Crippen molar-refractivity contribution in [2.75, 3.05) is 31.3 Å². The molecule has 0 unspecified atom stereocenters. The Morgan fingerprint density at radius 2 is 1.62 bits per heavy atom. The Kier molecular flexibility index (Phi) is 11.4. The molecule has 226 valence electrons. The summed E-state index contributed by atoms with van der Waals surface area (Å²) in [5.41, 5.74) is 2.86. The number of benzene rings is 3. The van der Waals surface area contributed by atoms with Gasteiger partial charge in [-0.15, -0.1) is 0 Å². The number of hydrogen-bond donors (Lipinski definition) is 1. The topological polar surface area (TPSA) is 105 Å². The molecule has 2 amide bonds. The second-order valence-corrected chi connectivity index (χ2v) is 12.2. The van der Waals surface area contributed by atoms with Gasteiger partial charge >= 0.3 is 0 Å². The summed E-state index contributed by atoms with van der Waals surface area (Å²) in [5, 5.41) is 3.03. The van der Waals surface area contributed by atoms with Crippen LogP contribution in [0.25, 0.3) is 0 Å². The molecule has 1 N–H and O–H groups in total. The molecule has 0 aromatic heterocycles. The van der Waals surface area contributed by atoms with Gasteiger partial charge in [0.25, 0.3) is 0 Å². The molecule has 0 aliphatic carbocycles. The molecule has 3 rings (SSSR count). The average Bonchev–Trinajstić information content (AvgIpc) is 2.97. The predicted octanol–water partition coefficient (Wildman–Crippen LogP) is 4.33. The molecule has 0 aliphatic rings. The number of anilines is 1. The van der Waals surface area contributed by atoms with Crippen LogP contribution in [0.5, 0.6) is 11.5 Å². The van der Waals surface area contributed by atoms with Gasteiger partial charge in [-0.1, -0.05) is 67.1 Å². The summed E-state index contributed by atoms with van der Waals surface area (Å²) in [5.74, 6) is -0.181. The van der Waals surface area contributed by atoms with E-state index in [2.05, 4.69) is 5.32 Å². The highest BCUT2D eigenvalue weighted by Gasteiger charge is 2.34. The summed E-state index contributed by atoms with van der Waals surface area (Å²) in [6, 6.07) is 20.9. The molecule has 9 nitrogen and oxygen atoms in total. The Hall–Kier alpha value is -4.05. The number of hydrogen-bond acceptors (Lipinski definition) is 6. The molecule has 10 heteroatoms. The van der Waals surface area contributed by atoms with Crippen molar-refractivity contribution in [3.05, 3.63) is 89.5 Å². The number of sulfonamides is 1. The van der Waals surface area contributed by atoms with Crippen molar-refractivity contribution >= 4 is 27.5 Å². The summed E-state index contributed by atoms with van der Waals surface area (Å²) in [7, 11) is -1.07. The number of amides is 2. The van der Waals surface area contributed by atoms with Gasteiger partial charge in [-0.2, -0.15) is 0 Å². The molecule has 42 heavy (non-hydrogen) atoms. The van der Waals surface area contributed by atoms with Gasteiger partial charge in [-0.05, 0) is 43.5 Å².